The molecule has 0 saturated carbocycles. The summed E-state index contributed by atoms with van der Waals surface area (Å²) in [4.78, 5) is 23.4. The molecule has 1 saturated heterocycles. The molecule has 28 heavy (non-hydrogen) atoms. The molecule has 1 fully saturated rings. The molecular formula is C21H19N5OS. The van der Waals surface area contributed by atoms with Crippen LogP contribution in [0.4, 0.5) is 0 Å². The van der Waals surface area contributed by atoms with Gasteiger partial charge in [-0.15, -0.1) is 0 Å². The quantitative estimate of drug-likeness (QED) is 0.537. The second-order valence-electron chi connectivity index (χ2n) is 7.07. The lowest BCUT2D eigenvalue weighted by atomic mass is 10.1. The summed E-state index contributed by atoms with van der Waals surface area (Å²) in [5, 5.41) is 8.75. The molecule has 6 nitrogen and oxygen atoms in total. The molecule has 0 spiro atoms. The van der Waals surface area contributed by atoms with Crippen LogP contribution in [0.15, 0.2) is 59.7 Å². The molecule has 1 aliphatic heterocycles. The van der Waals surface area contributed by atoms with Crippen LogP contribution in [0.25, 0.3) is 16.8 Å². The first kappa shape index (κ1) is 17.1. The summed E-state index contributed by atoms with van der Waals surface area (Å²) >= 11 is 1.63. The highest BCUT2D eigenvalue weighted by molar-refractivity contribution is 7.08. The van der Waals surface area contributed by atoms with Crippen molar-refractivity contribution in [3.05, 3.63) is 71.1 Å². The monoisotopic (exact) mass is 389 g/mol. The number of carbonyl (C=O) groups is 1. The fourth-order valence-corrected chi connectivity index (χ4v) is 4.32. The van der Waals surface area contributed by atoms with Crippen molar-refractivity contribution < 1.29 is 4.79 Å². The largest absolute Gasteiger partial charge is 0.342 e. The minimum Gasteiger partial charge on any atom is -0.342 e. The number of nitrogens with zero attached hydrogens (tertiary/aromatic N) is 5. The van der Waals surface area contributed by atoms with E-state index >= 15 is 0 Å². The molecule has 140 valence electrons. The van der Waals surface area contributed by atoms with Crippen molar-refractivity contribution in [1.29, 1.82) is 0 Å². The van der Waals surface area contributed by atoms with Gasteiger partial charge in [0, 0.05) is 48.7 Å². The summed E-state index contributed by atoms with van der Waals surface area (Å²) < 4.78 is 1.83. The molecule has 4 aromatic rings. The smallest absolute Gasteiger partial charge is 0.227 e. The summed E-state index contributed by atoms with van der Waals surface area (Å²) in [5.41, 5.74) is 4.02. The van der Waals surface area contributed by atoms with Crippen LogP contribution in [0.3, 0.4) is 0 Å². The van der Waals surface area contributed by atoms with Crippen LogP contribution < -0.4 is 0 Å². The summed E-state index contributed by atoms with van der Waals surface area (Å²) in [6, 6.07) is 9.98. The lowest BCUT2D eigenvalue weighted by Crippen LogP contribution is -2.29. The molecule has 0 bridgehead atoms. The highest BCUT2D eigenvalue weighted by Crippen LogP contribution is 2.27. The van der Waals surface area contributed by atoms with Crippen LogP contribution in [0.1, 0.15) is 23.7 Å². The predicted octanol–water partition coefficient (Wildman–Crippen LogP) is 3.41. The summed E-state index contributed by atoms with van der Waals surface area (Å²) in [6.07, 6.45) is 6.97. The fourth-order valence-electron chi connectivity index (χ4n) is 3.65. The lowest BCUT2D eigenvalue weighted by Gasteiger charge is -2.15. The number of carbonyl (C=O) groups excluding carboxylic acids is 1. The molecule has 1 aliphatic rings. The Balaban J connectivity index is 1.33. The third-order valence-corrected chi connectivity index (χ3v) is 5.92. The molecule has 7 heteroatoms. The summed E-state index contributed by atoms with van der Waals surface area (Å²) in [6.45, 7) is 1.46. The van der Waals surface area contributed by atoms with Crippen LogP contribution in [0.5, 0.6) is 0 Å². The number of aromatic nitrogens is 4. The molecule has 0 radical (unpaired) electrons. The van der Waals surface area contributed by atoms with E-state index < -0.39 is 0 Å². The number of rotatable bonds is 4. The van der Waals surface area contributed by atoms with Gasteiger partial charge in [0.05, 0.1) is 6.42 Å². The molecule has 5 heterocycles. The lowest BCUT2D eigenvalue weighted by molar-refractivity contribution is -0.129. The van der Waals surface area contributed by atoms with Crippen LogP contribution >= 0.6 is 11.3 Å². The number of fused-ring (bicyclic) bond motifs is 1. The number of likely N-dealkylation sites (tertiary alicyclic amines) is 1. The number of thiophene rings is 1. The highest BCUT2D eigenvalue weighted by atomic mass is 32.1. The van der Waals surface area contributed by atoms with Gasteiger partial charge in [0.25, 0.3) is 0 Å². The van der Waals surface area contributed by atoms with E-state index in [0.29, 0.717) is 13.0 Å². The van der Waals surface area contributed by atoms with Crippen LogP contribution in [0, 0.1) is 0 Å². The number of hydrogen-bond acceptors (Lipinski definition) is 5. The number of hydrogen-bond donors (Lipinski definition) is 0. The van der Waals surface area contributed by atoms with E-state index in [-0.39, 0.29) is 11.8 Å². The number of amides is 1. The first-order chi connectivity index (χ1) is 13.8. The van der Waals surface area contributed by atoms with Gasteiger partial charge in [0.1, 0.15) is 0 Å². The van der Waals surface area contributed by atoms with Crippen molar-refractivity contribution >= 4 is 22.9 Å². The van der Waals surface area contributed by atoms with Gasteiger partial charge in [-0.25, -0.2) is 9.50 Å². The molecular weight excluding hydrogens is 370 g/mol. The Morgan fingerprint density at radius 3 is 3.00 bits per heavy atom. The topological polar surface area (TPSA) is 63.4 Å². The normalized spacial score (nSPS) is 16.7. The summed E-state index contributed by atoms with van der Waals surface area (Å²) in [7, 11) is 0. The van der Waals surface area contributed by atoms with Crippen LogP contribution in [-0.4, -0.2) is 43.5 Å². The van der Waals surface area contributed by atoms with E-state index in [1.165, 1.54) is 0 Å². The van der Waals surface area contributed by atoms with Crippen molar-refractivity contribution in [2.24, 2.45) is 0 Å². The Kier molecular flexibility index (Phi) is 4.37. The van der Waals surface area contributed by atoms with E-state index in [2.05, 4.69) is 4.98 Å². The Bertz CT molecular complexity index is 1110. The second-order valence-corrected chi connectivity index (χ2v) is 7.85. The average Bonchev–Trinajstić information content (AvgIpc) is 3.47. The van der Waals surface area contributed by atoms with Crippen molar-refractivity contribution in [3.63, 3.8) is 0 Å². The van der Waals surface area contributed by atoms with Gasteiger partial charge in [-0.1, -0.05) is 6.07 Å². The van der Waals surface area contributed by atoms with Crippen molar-refractivity contribution in [2.45, 2.75) is 18.8 Å². The van der Waals surface area contributed by atoms with Gasteiger partial charge in [-0.3, -0.25) is 9.78 Å². The second kappa shape index (κ2) is 7.16. The zero-order chi connectivity index (χ0) is 18.9. The van der Waals surface area contributed by atoms with Gasteiger partial charge in [0.2, 0.25) is 5.91 Å². The van der Waals surface area contributed by atoms with E-state index in [0.717, 1.165) is 41.1 Å². The zero-order valence-electron chi connectivity index (χ0n) is 15.2. The average molecular weight is 389 g/mol. The van der Waals surface area contributed by atoms with Crippen LogP contribution in [-0.2, 0) is 11.2 Å². The fraction of sp³-hybridized carbons (Fsp3) is 0.238. The van der Waals surface area contributed by atoms with Gasteiger partial charge in [-0.2, -0.15) is 16.4 Å². The molecule has 4 aromatic heterocycles. The number of pyridine rings is 2. The van der Waals surface area contributed by atoms with Gasteiger partial charge in [-0.05, 0) is 47.0 Å². The van der Waals surface area contributed by atoms with E-state index in [9.17, 15) is 4.79 Å². The first-order valence-electron chi connectivity index (χ1n) is 9.32. The third kappa shape index (κ3) is 3.29. The van der Waals surface area contributed by atoms with Gasteiger partial charge in [0.15, 0.2) is 11.5 Å². The maximum atomic E-state index is 12.5. The summed E-state index contributed by atoms with van der Waals surface area (Å²) in [5.74, 6) is 1.19. The minimum absolute atomic E-state index is 0.184. The van der Waals surface area contributed by atoms with Gasteiger partial charge >= 0.3 is 0 Å². The Hall–Kier alpha value is -3.06. The van der Waals surface area contributed by atoms with E-state index in [1.807, 2.05) is 62.9 Å². The van der Waals surface area contributed by atoms with E-state index in [1.54, 1.807) is 17.5 Å². The molecule has 0 N–H and O–H groups in total. The van der Waals surface area contributed by atoms with E-state index in [4.69, 9.17) is 10.1 Å². The Morgan fingerprint density at radius 2 is 2.18 bits per heavy atom. The SMILES string of the molecule is O=C(Cc1ccsc1)N1CC[C@H](c2nc3ccc(-c4cccnc4)cn3n2)C1. The minimum atomic E-state index is 0.184. The molecule has 1 atom stereocenters. The third-order valence-electron chi connectivity index (χ3n) is 5.18. The zero-order valence-corrected chi connectivity index (χ0v) is 16.0. The molecule has 5 rings (SSSR count). The van der Waals surface area contributed by atoms with Crippen LogP contribution in [0.2, 0.25) is 0 Å². The van der Waals surface area contributed by atoms with Crippen molar-refractivity contribution in [3.8, 4) is 11.1 Å². The van der Waals surface area contributed by atoms with Crippen molar-refractivity contribution in [2.75, 3.05) is 13.1 Å². The Morgan fingerprint density at radius 1 is 1.21 bits per heavy atom. The molecule has 0 unspecified atom stereocenters. The molecule has 0 aromatic carbocycles. The molecule has 0 aliphatic carbocycles. The Labute approximate surface area is 166 Å². The standard InChI is InChI=1S/C21H19N5OS/c27-20(10-15-6-9-28-14-15)25-8-5-18(12-25)21-23-19-4-3-17(13-26(19)24-21)16-2-1-7-22-11-16/h1-4,6-7,9,11,13-14,18H,5,8,10,12H2/t18-/m0/s1. The maximum absolute atomic E-state index is 12.5. The predicted molar refractivity (Wildman–Crippen MR) is 108 cm³/mol. The van der Waals surface area contributed by atoms with Gasteiger partial charge < -0.3 is 4.90 Å². The first-order valence-corrected chi connectivity index (χ1v) is 10.3. The highest BCUT2D eigenvalue weighted by Gasteiger charge is 2.30. The molecule has 1 amide bonds. The maximum Gasteiger partial charge on any atom is 0.227 e. The van der Waals surface area contributed by atoms with Crippen molar-refractivity contribution in [1.82, 2.24) is 24.5 Å².